The summed E-state index contributed by atoms with van der Waals surface area (Å²) in [5, 5.41) is 4.72. The van der Waals surface area contributed by atoms with Crippen molar-refractivity contribution >= 4 is 48.0 Å². The lowest BCUT2D eigenvalue weighted by atomic mass is 10.2. The van der Waals surface area contributed by atoms with Crippen LogP contribution < -0.4 is 14.8 Å². The van der Waals surface area contributed by atoms with Crippen molar-refractivity contribution < 1.29 is 14.2 Å². The smallest absolute Gasteiger partial charge is 0.180 e. The Hall–Kier alpha value is -0.920. The second kappa shape index (κ2) is 15.0. The van der Waals surface area contributed by atoms with Gasteiger partial charge in [-0.3, -0.25) is 4.90 Å². The molecule has 0 aromatic heterocycles. The average Bonchev–Trinajstić information content (AvgIpc) is 2.74. The van der Waals surface area contributed by atoms with Gasteiger partial charge in [0.25, 0.3) is 0 Å². The molecule has 1 N–H and O–H groups in total. The monoisotopic (exact) mass is 510 g/mol. The van der Waals surface area contributed by atoms with Crippen LogP contribution in [0.25, 0.3) is 0 Å². The maximum atomic E-state index is 6.47. The zero-order valence-corrected chi connectivity index (χ0v) is 20.7. The molecule has 2 aromatic carbocycles. The van der Waals surface area contributed by atoms with E-state index in [1.54, 1.807) is 7.11 Å². The summed E-state index contributed by atoms with van der Waals surface area (Å²) in [5.74, 6) is 1.19. The van der Waals surface area contributed by atoms with Crippen LogP contribution >= 0.6 is 48.0 Å². The van der Waals surface area contributed by atoms with Crippen LogP contribution in [0.2, 0.25) is 10.0 Å². The largest absolute Gasteiger partial charge is 0.493 e. The van der Waals surface area contributed by atoms with Crippen molar-refractivity contribution in [2.24, 2.45) is 0 Å². The fraction of sp³-hybridized carbons (Fsp3) is 0.455. The van der Waals surface area contributed by atoms with Gasteiger partial charge in [-0.15, -0.1) is 24.8 Å². The van der Waals surface area contributed by atoms with E-state index < -0.39 is 0 Å². The molecular weight excluding hydrogens is 482 g/mol. The molecule has 2 aromatic rings. The number of ether oxygens (including phenoxy) is 3. The Balaban J connectivity index is 0.00000240. The van der Waals surface area contributed by atoms with Crippen molar-refractivity contribution in [2.75, 3.05) is 46.5 Å². The highest BCUT2D eigenvalue weighted by Gasteiger charge is 2.13. The highest BCUT2D eigenvalue weighted by molar-refractivity contribution is 6.32. The molecule has 174 valence electrons. The van der Waals surface area contributed by atoms with Gasteiger partial charge in [0, 0.05) is 24.7 Å². The fourth-order valence-corrected chi connectivity index (χ4v) is 3.65. The SMILES string of the molecule is COc1cc(CNCCCN2CCOCC2)cc(Cl)c1OCc1ccc(Cl)cc1.Cl.Cl. The van der Waals surface area contributed by atoms with Gasteiger partial charge in [-0.05, 0) is 54.9 Å². The molecule has 0 amide bonds. The summed E-state index contributed by atoms with van der Waals surface area (Å²) in [6.07, 6.45) is 1.10. The predicted octanol–water partition coefficient (Wildman–Crippen LogP) is 5.24. The summed E-state index contributed by atoms with van der Waals surface area (Å²) in [7, 11) is 1.63. The summed E-state index contributed by atoms with van der Waals surface area (Å²) >= 11 is 12.4. The van der Waals surface area contributed by atoms with E-state index in [0.717, 1.165) is 63.5 Å². The lowest BCUT2D eigenvalue weighted by Crippen LogP contribution is -2.37. The molecule has 0 aliphatic carbocycles. The van der Waals surface area contributed by atoms with Gasteiger partial charge in [0.2, 0.25) is 0 Å². The first-order chi connectivity index (χ1) is 14.2. The Kier molecular flexibility index (Phi) is 13.6. The van der Waals surface area contributed by atoms with Gasteiger partial charge >= 0.3 is 0 Å². The number of hydrogen-bond donors (Lipinski definition) is 1. The Labute approximate surface area is 207 Å². The molecule has 1 saturated heterocycles. The van der Waals surface area contributed by atoms with E-state index in [2.05, 4.69) is 10.2 Å². The van der Waals surface area contributed by atoms with Gasteiger partial charge in [-0.25, -0.2) is 0 Å². The number of rotatable bonds is 10. The molecule has 0 radical (unpaired) electrons. The summed E-state index contributed by atoms with van der Waals surface area (Å²) in [6.45, 7) is 6.93. The van der Waals surface area contributed by atoms with Crippen LogP contribution in [0, 0.1) is 0 Å². The quantitative estimate of drug-likeness (QED) is 0.442. The van der Waals surface area contributed by atoms with Gasteiger partial charge in [-0.2, -0.15) is 0 Å². The minimum atomic E-state index is 0. The third-order valence-electron chi connectivity index (χ3n) is 4.85. The summed E-state index contributed by atoms with van der Waals surface area (Å²) in [5.41, 5.74) is 2.08. The number of methoxy groups -OCH3 is 1. The summed E-state index contributed by atoms with van der Waals surface area (Å²) < 4.78 is 16.8. The molecule has 0 spiro atoms. The van der Waals surface area contributed by atoms with Crippen LogP contribution in [0.4, 0.5) is 0 Å². The number of halogens is 4. The lowest BCUT2D eigenvalue weighted by molar-refractivity contribution is 0.0374. The van der Waals surface area contributed by atoms with E-state index in [9.17, 15) is 0 Å². The number of nitrogens with zero attached hydrogens (tertiary/aromatic N) is 1. The van der Waals surface area contributed by atoms with Crippen molar-refractivity contribution in [3.8, 4) is 11.5 Å². The maximum absolute atomic E-state index is 6.47. The third kappa shape index (κ3) is 9.22. The number of morpholine rings is 1. The molecule has 0 atom stereocenters. The Morgan fingerprint density at radius 3 is 2.42 bits per heavy atom. The Morgan fingerprint density at radius 2 is 1.74 bits per heavy atom. The van der Waals surface area contributed by atoms with Gasteiger partial charge in [0.1, 0.15) is 6.61 Å². The van der Waals surface area contributed by atoms with E-state index in [1.807, 2.05) is 36.4 Å². The minimum absolute atomic E-state index is 0. The van der Waals surface area contributed by atoms with Gasteiger partial charge < -0.3 is 19.5 Å². The van der Waals surface area contributed by atoms with Crippen LogP contribution in [0.1, 0.15) is 17.5 Å². The topological polar surface area (TPSA) is 43.0 Å². The molecule has 1 aliphatic rings. The third-order valence-corrected chi connectivity index (χ3v) is 5.38. The lowest BCUT2D eigenvalue weighted by Gasteiger charge is -2.26. The normalized spacial score (nSPS) is 13.8. The molecule has 3 rings (SSSR count). The Bertz CT molecular complexity index is 772. The van der Waals surface area contributed by atoms with Gasteiger partial charge in [0.05, 0.1) is 25.3 Å². The van der Waals surface area contributed by atoms with Crippen molar-refractivity contribution in [2.45, 2.75) is 19.6 Å². The van der Waals surface area contributed by atoms with Crippen molar-refractivity contribution in [3.05, 3.63) is 57.6 Å². The second-order valence-electron chi connectivity index (χ2n) is 7.01. The first kappa shape index (κ1) is 28.1. The van der Waals surface area contributed by atoms with Crippen LogP contribution in [0.15, 0.2) is 36.4 Å². The zero-order valence-electron chi connectivity index (χ0n) is 17.6. The van der Waals surface area contributed by atoms with Crippen LogP contribution in [-0.4, -0.2) is 51.4 Å². The molecule has 0 saturated carbocycles. The van der Waals surface area contributed by atoms with E-state index >= 15 is 0 Å². The maximum Gasteiger partial charge on any atom is 0.180 e. The number of hydrogen-bond acceptors (Lipinski definition) is 5. The summed E-state index contributed by atoms with van der Waals surface area (Å²) in [6, 6.07) is 11.4. The molecular formula is C22H30Cl4N2O3. The van der Waals surface area contributed by atoms with E-state index in [1.165, 1.54) is 0 Å². The van der Waals surface area contributed by atoms with Crippen molar-refractivity contribution in [3.63, 3.8) is 0 Å². The molecule has 9 heteroatoms. The van der Waals surface area contributed by atoms with Crippen LogP contribution in [0.3, 0.4) is 0 Å². The van der Waals surface area contributed by atoms with Crippen molar-refractivity contribution in [1.82, 2.24) is 10.2 Å². The highest BCUT2D eigenvalue weighted by Crippen LogP contribution is 2.37. The van der Waals surface area contributed by atoms with Gasteiger partial charge in [-0.1, -0.05) is 35.3 Å². The average molecular weight is 512 g/mol. The number of nitrogens with one attached hydrogen (secondary N) is 1. The van der Waals surface area contributed by atoms with E-state index in [4.69, 9.17) is 37.4 Å². The van der Waals surface area contributed by atoms with Crippen LogP contribution in [-0.2, 0) is 17.9 Å². The van der Waals surface area contributed by atoms with Gasteiger partial charge in [0.15, 0.2) is 11.5 Å². The zero-order chi connectivity index (χ0) is 20.5. The van der Waals surface area contributed by atoms with E-state index in [0.29, 0.717) is 28.2 Å². The fourth-order valence-electron chi connectivity index (χ4n) is 3.24. The molecule has 1 fully saturated rings. The molecule has 5 nitrogen and oxygen atoms in total. The first-order valence-electron chi connectivity index (χ1n) is 9.90. The molecule has 1 heterocycles. The summed E-state index contributed by atoms with van der Waals surface area (Å²) in [4.78, 5) is 2.44. The molecule has 1 aliphatic heterocycles. The minimum Gasteiger partial charge on any atom is -0.493 e. The standard InChI is InChI=1S/C22H28Cl2N2O3.2ClH/c1-27-21-14-18(15-25-7-2-8-26-9-11-28-12-10-26)13-20(24)22(21)29-16-17-3-5-19(23)6-4-17;;/h3-6,13-14,25H,2,7-12,15-16H2,1H3;2*1H. The second-order valence-corrected chi connectivity index (χ2v) is 7.85. The first-order valence-corrected chi connectivity index (χ1v) is 10.7. The van der Waals surface area contributed by atoms with E-state index in [-0.39, 0.29) is 24.8 Å². The molecule has 0 unspecified atom stereocenters. The predicted molar refractivity (Wildman–Crippen MR) is 132 cm³/mol. The Morgan fingerprint density at radius 1 is 1.03 bits per heavy atom. The molecule has 0 bridgehead atoms. The molecule has 31 heavy (non-hydrogen) atoms. The number of benzene rings is 2. The highest BCUT2D eigenvalue weighted by atomic mass is 35.5. The van der Waals surface area contributed by atoms with Crippen LogP contribution in [0.5, 0.6) is 11.5 Å². The van der Waals surface area contributed by atoms with Crippen molar-refractivity contribution in [1.29, 1.82) is 0 Å².